The Bertz CT molecular complexity index is 868. The van der Waals surface area contributed by atoms with Gasteiger partial charge in [-0.2, -0.15) is 0 Å². The summed E-state index contributed by atoms with van der Waals surface area (Å²) in [7, 11) is 0. The third-order valence-corrected chi connectivity index (χ3v) is 6.32. The van der Waals surface area contributed by atoms with Gasteiger partial charge in [0.25, 0.3) is 18.3 Å². The van der Waals surface area contributed by atoms with E-state index in [0.717, 1.165) is 0 Å². The fraction of sp³-hybridized carbons (Fsp3) is 0.368. The van der Waals surface area contributed by atoms with E-state index >= 15 is 0 Å². The van der Waals surface area contributed by atoms with Gasteiger partial charge in [0, 0.05) is 21.3 Å². The summed E-state index contributed by atoms with van der Waals surface area (Å²) in [4.78, 5) is 49.8. The molecule has 0 saturated carbocycles. The first-order valence-corrected chi connectivity index (χ1v) is 11.5. The number of rotatable bonds is 9. The lowest BCUT2D eigenvalue weighted by Crippen LogP contribution is -2.71. The van der Waals surface area contributed by atoms with E-state index in [1.807, 2.05) is 22.6 Å². The Morgan fingerprint density at radius 1 is 1.37 bits per heavy atom. The highest BCUT2D eigenvalue weighted by atomic mass is 127. The molecule has 0 radical (unpaired) electrons. The van der Waals surface area contributed by atoms with Crippen LogP contribution in [0.1, 0.15) is 11.7 Å². The summed E-state index contributed by atoms with van der Waals surface area (Å²) in [6.45, 7) is -0.568. The van der Waals surface area contributed by atoms with Crippen LogP contribution >= 0.6 is 34.4 Å². The second-order valence-electron chi connectivity index (χ2n) is 6.33. The third kappa shape index (κ3) is 4.46. The average molecular weight is 548 g/mol. The second-order valence-corrected chi connectivity index (χ2v) is 8.51. The molecular weight excluding hydrogens is 530 g/mol. The lowest BCUT2D eigenvalue weighted by molar-refractivity contribution is -0.155. The molecule has 1 saturated heterocycles. The molecule has 0 aromatic heterocycles. The number of nitrogens with one attached hydrogen (secondary N) is 1. The first-order chi connectivity index (χ1) is 14.5. The maximum Gasteiger partial charge on any atom is 0.355 e. The fourth-order valence-corrected chi connectivity index (χ4v) is 4.72. The number of hydrogen-bond donors (Lipinski definition) is 1. The van der Waals surface area contributed by atoms with Crippen LogP contribution in [0.3, 0.4) is 0 Å². The Hall–Kier alpha value is -2.15. The van der Waals surface area contributed by atoms with Gasteiger partial charge in [-0.25, -0.2) is 9.18 Å². The van der Waals surface area contributed by atoms with Crippen LogP contribution in [0.25, 0.3) is 0 Å². The largest absolute Gasteiger partial charge is 0.460 e. The molecule has 2 heterocycles. The highest BCUT2D eigenvalue weighted by molar-refractivity contribution is 14.1. The third-order valence-electron chi connectivity index (χ3n) is 4.54. The Kier molecular flexibility index (Phi) is 7.69. The molecule has 160 valence electrons. The number of carbonyl (C=O) groups excluding carboxylic acids is 4. The van der Waals surface area contributed by atoms with Crippen LogP contribution in [-0.4, -0.2) is 64.0 Å². The molecule has 30 heavy (non-hydrogen) atoms. The number of β-lactam (4-membered cyclic amide) rings is 1. The molecule has 2 aliphatic rings. The molecule has 1 aromatic rings. The molecule has 0 aliphatic carbocycles. The summed E-state index contributed by atoms with van der Waals surface area (Å²) in [6, 6.07) is 7.43. The maximum absolute atomic E-state index is 13.4. The topological polar surface area (TPSA) is 102 Å². The first kappa shape index (κ1) is 22.5. The number of hydrogen-bond acceptors (Lipinski definition) is 7. The van der Waals surface area contributed by atoms with E-state index in [9.17, 15) is 23.6 Å². The Balaban J connectivity index is 1.75. The van der Waals surface area contributed by atoms with Crippen molar-refractivity contribution >= 4 is 58.6 Å². The molecule has 3 atom stereocenters. The minimum Gasteiger partial charge on any atom is -0.460 e. The highest BCUT2D eigenvalue weighted by Crippen LogP contribution is 2.41. The van der Waals surface area contributed by atoms with Gasteiger partial charge in [0.1, 0.15) is 30.4 Å². The zero-order chi connectivity index (χ0) is 21.7. The van der Waals surface area contributed by atoms with Crippen molar-refractivity contribution in [3.8, 4) is 0 Å². The molecule has 0 spiro atoms. The normalized spacial score (nSPS) is 21.3. The van der Waals surface area contributed by atoms with Crippen LogP contribution in [0.15, 0.2) is 41.6 Å². The molecule has 1 aromatic carbocycles. The van der Waals surface area contributed by atoms with Crippen molar-refractivity contribution < 1.29 is 33.0 Å². The second kappa shape index (κ2) is 10.2. The molecule has 8 nitrogen and oxygen atoms in total. The quantitative estimate of drug-likeness (QED) is 0.164. The molecular formula is C19H18FIN2O6S. The number of fused-ring (bicyclic) bond motifs is 1. The van der Waals surface area contributed by atoms with Gasteiger partial charge >= 0.3 is 5.97 Å². The molecule has 2 aliphatic heterocycles. The molecule has 2 unspecified atom stereocenters. The average Bonchev–Trinajstić information content (AvgIpc) is 2.78. The summed E-state index contributed by atoms with van der Waals surface area (Å²) in [5.41, 5.74) is 0.536. The van der Waals surface area contributed by atoms with E-state index in [1.165, 1.54) is 16.7 Å². The number of nitrogens with zero attached hydrogens (tertiary/aromatic N) is 1. The molecule has 11 heteroatoms. The van der Waals surface area contributed by atoms with Crippen molar-refractivity contribution in [3.05, 3.63) is 47.2 Å². The van der Waals surface area contributed by atoms with Crippen LogP contribution in [0.2, 0.25) is 0 Å². The van der Waals surface area contributed by atoms with Gasteiger partial charge in [0.05, 0.1) is 0 Å². The number of carbonyl (C=O) groups is 4. The van der Waals surface area contributed by atoms with Crippen molar-refractivity contribution in [2.24, 2.45) is 0 Å². The Morgan fingerprint density at radius 2 is 2.10 bits per heavy atom. The summed E-state index contributed by atoms with van der Waals surface area (Å²) in [5, 5.41) is 2.00. The molecule has 1 fully saturated rings. The van der Waals surface area contributed by atoms with Crippen molar-refractivity contribution in [2.45, 2.75) is 17.5 Å². The van der Waals surface area contributed by atoms with Gasteiger partial charge in [-0.3, -0.25) is 19.3 Å². The number of ether oxygens (including phenoxy) is 2. The van der Waals surface area contributed by atoms with E-state index in [2.05, 4.69) is 5.32 Å². The zero-order valence-corrected chi connectivity index (χ0v) is 18.6. The molecule has 1 N–H and O–H groups in total. The van der Waals surface area contributed by atoms with E-state index in [0.29, 0.717) is 9.99 Å². The predicted octanol–water partition coefficient (Wildman–Crippen LogP) is 1.50. The van der Waals surface area contributed by atoms with Gasteiger partial charge in [0.2, 0.25) is 6.10 Å². The monoisotopic (exact) mass is 548 g/mol. The number of amides is 2. The van der Waals surface area contributed by atoms with E-state index in [4.69, 9.17) is 9.47 Å². The molecule has 2 amide bonds. The van der Waals surface area contributed by atoms with Crippen LogP contribution in [0.4, 0.5) is 4.39 Å². The number of alkyl halides is 2. The Morgan fingerprint density at radius 3 is 2.73 bits per heavy atom. The van der Waals surface area contributed by atoms with Crippen LogP contribution < -0.4 is 5.32 Å². The zero-order valence-electron chi connectivity index (χ0n) is 15.6. The van der Waals surface area contributed by atoms with Crippen LogP contribution in [-0.2, 0) is 28.7 Å². The number of halogens is 2. The summed E-state index contributed by atoms with van der Waals surface area (Å²) in [5.74, 6) is -1.78. The van der Waals surface area contributed by atoms with Gasteiger partial charge in [-0.1, -0.05) is 52.9 Å². The standard InChI is InChI=1S/C19H18FIN2O6S/c20-8-12-9-30-18-13(17(26)23(18)14(12)19(27)28-7-6-21)22-16(25)15(29-10-24)11-4-2-1-3-5-11/h1-5,10,13,15,18H,6-9H2,(H,22,25)/t13?,15?,18-/m0/s1. The van der Waals surface area contributed by atoms with Crippen molar-refractivity contribution in [1.29, 1.82) is 0 Å². The van der Waals surface area contributed by atoms with Crippen molar-refractivity contribution in [2.75, 3.05) is 23.5 Å². The first-order valence-electron chi connectivity index (χ1n) is 8.93. The van der Waals surface area contributed by atoms with Gasteiger partial charge in [-0.05, 0) is 0 Å². The fourth-order valence-electron chi connectivity index (χ4n) is 3.18. The van der Waals surface area contributed by atoms with Gasteiger partial charge < -0.3 is 14.8 Å². The van der Waals surface area contributed by atoms with Gasteiger partial charge in [-0.15, -0.1) is 11.8 Å². The Labute approximate surface area is 189 Å². The summed E-state index contributed by atoms with van der Waals surface area (Å²) in [6.07, 6.45) is -1.22. The minimum atomic E-state index is -1.22. The summed E-state index contributed by atoms with van der Waals surface area (Å²) < 4.78 is 24.0. The minimum absolute atomic E-state index is 0.0923. The van der Waals surface area contributed by atoms with Crippen LogP contribution in [0, 0.1) is 0 Å². The van der Waals surface area contributed by atoms with Crippen molar-refractivity contribution in [3.63, 3.8) is 0 Å². The lowest BCUT2D eigenvalue weighted by atomic mass is 10.0. The lowest BCUT2D eigenvalue weighted by Gasteiger charge is -2.49. The maximum atomic E-state index is 13.4. The number of benzene rings is 1. The SMILES string of the molecule is O=COC(C(=O)NC1C(=O)N2C(C(=O)OCCI)=C(CF)CS[C@@H]12)c1ccccc1. The van der Waals surface area contributed by atoms with E-state index in [1.54, 1.807) is 30.3 Å². The number of thioether (sulfide) groups is 1. The summed E-state index contributed by atoms with van der Waals surface area (Å²) >= 11 is 3.27. The highest BCUT2D eigenvalue weighted by Gasteiger charge is 2.54. The van der Waals surface area contributed by atoms with Crippen molar-refractivity contribution in [1.82, 2.24) is 10.2 Å². The van der Waals surface area contributed by atoms with E-state index in [-0.39, 0.29) is 30.1 Å². The number of esters is 1. The van der Waals surface area contributed by atoms with E-state index < -0.39 is 42.0 Å². The van der Waals surface area contributed by atoms with Crippen LogP contribution in [0.5, 0.6) is 0 Å². The predicted molar refractivity (Wildman–Crippen MR) is 114 cm³/mol. The molecule has 0 bridgehead atoms. The molecule has 3 rings (SSSR count). The smallest absolute Gasteiger partial charge is 0.355 e. The van der Waals surface area contributed by atoms with Gasteiger partial charge in [0.15, 0.2) is 0 Å².